The molecule has 0 fully saturated rings. The fourth-order valence-corrected chi connectivity index (χ4v) is 3.40. The van der Waals surface area contributed by atoms with Gasteiger partial charge in [-0.3, -0.25) is 10.1 Å². The second-order valence-electron chi connectivity index (χ2n) is 7.24. The second kappa shape index (κ2) is 14.6. The standard InChI is InChI=1S/C22H37NO3/c1-3-4-5-6-7-8-9-10-11-12-13-14-15-16-20-19-21(26-2)17-18-22(20)23(24)25/h17-19H,3-16H2,1-2H3. The van der Waals surface area contributed by atoms with Crippen molar-refractivity contribution in [1.82, 2.24) is 0 Å². The molecule has 0 aromatic heterocycles. The molecule has 1 aromatic rings. The van der Waals surface area contributed by atoms with Crippen LogP contribution >= 0.6 is 0 Å². The summed E-state index contributed by atoms with van der Waals surface area (Å²) in [5.41, 5.74) is 1.00. The van der Waals surface area contributed by atoms with Crippen molar-refractivity contribution in [1.29, 1.82) is 0 Å². The van der Waals surface area contributed by atoms with Gasteiger partial charge in [0.15, 0.2) is 0 Å². The molecule has 4 nitrogen and oxygen atoms in total. The third-order valence-electron chi connectivity index (χ3n) is 5.03. The first-order valence-electron chi connectivity index (χ1n) is 10.5. The van der Waals surface area contributed by atoms with Crippen LogP contribution in [-0.2, 0) is 6.42 Å². The maximum Gasteiger partial charge on any atom is 0.272 e. The molecule has 0 unspecified atom stereocenters. The Bertz CT molecular complexity index is 502. The average Bonchev–Trinajstić information content (AvgIpc) is 2.65. The minimum absolute atomic E-state index is 0.213. The van der Waals surface area contributed by atoms with Gasteiger partial charge in [-0.15, -0.1) is 0 Å². The van der Waals surface area contributed by atoms with Crippen molar-refractivity contribution in [2.75, 3.05) is 7.11 Å². The first-order valence-corrected chi connectivity index (χ1v) is 10.5. The Hall–Kier alpha value is -1.58. The normalized spacial score (nSPS) is 10.8. The number of benzene rings is 1. The van der Waals surface area contributed by atoms with Crippen LogP contribution in [0.25, 0.3) is 0 Å². The molecule has 0 saturated heterocycles. The number of nitro benzene ring substituents is 1. The zero-order valence-corrected chi connectivity index (χ0v) is 16.8. The summed E-state index contributed by atoms with van der Waals surface area (Å²) in [6.07, 6.45) is 17.8. The lowest BCUT2D eigenvalue weighted by molar-refractivity contribution is -0.385. The van der Waals surface area contributed by atoms with E-state index in [1.54, 1.807) is 25.3 Å². The largest absolute Gasteiger partial charge is 0.497 e. The number of methoxy groups -OCH3 is 1. The molecule has 0 aliphatic rings. The van der Waals surface area contributed by atoms with Gasteiger partial charge >= 0.3 is 0 Å². The molecule has 0 spiro atoms. The van der Waals surface area contributed by atoms with Gasteiger partial charge < -0.3 is 4.74 Å². The molecule has 0 amide bonds. The minimum atomic E-state index is -0.295. The molecule has 0 atom stereocenters. The number of aryl methyl sites for hydroxylation is 1. The van der Waals surface area contributed by atoms with Crippen LogP contribution in [0.2, 0.25) is 0 Å². The van der Waals surface area contributed by atoms with Gasteiger partial charge in [-0.2, -0.15) is 0 Å². The van der Waals surface area contributed by atoms with Crippen LogP contribution in [0.5, 0.6) is 5.75 Å². The summed E-state index contributed by atoms with van der Waals surface area (Å²) in [7, 11) is 1.59. The highest BCUT2D eigenvalue weighted by Gasteiger charge is 2.13. The Labute approximate surface area is 159 Å². The summed E-state index contributed by atoms with van der Waals surface area (Å²) in [5.74, 6) is 0.695. The topological polar surface area (TPSA) is 52.4 Å². The quantitative estimate of drug-likeness (QED) is 0.177. The number of hydrogen-bond donors (Lipinski definition) is 0. The molecule has 0 bridgehead atoms. The zero-order chi connectivity index (χ0) is 19.0. The molecule has 0 saturated carbocycles. The first-order chi connectivity index (χ1) is 12.7. The van der Waals surface area contributed by atoms with Crippen molar-refractivity contribution in [3.63, 3.8) is 0 Å². The van der Waals surface area contributed by atoms with Crippen LogP contribution in [0.4, 0.5) is 5.69 Å². The van der Waals surface area contributed by atoms with E-state index >= 15 is 0 Å². The summed E-state index contributed by atoms with van der Waals surface area (Å²) < 4.78 is 5.19. The van der Waals surface area contributed by atoms with E-state index < -0.39 is 0 Å². The summed E-state index contributed by atoms with van der Waals surface area (Å²) in [6, 6.07) is 5.01. The van der Waals surface area contributed by atoms with E-state index in [1.165, 1.54) is 70.6 Å². The summed E-state index contributed by atoms with van der Waals surface area (Å²) in [4.78, 5) is 10.8. The lowest BCUT2D eigenvalue weighted by atomic mass is 10.0. The highest BCUT2D eigenvalue weighted by Crippen LogP contribution is 2.25. The Morgan fingerprint density at radius 3 is 1.81 bits per heavy atom. The van der Waals surface area contributed by atoms with Gasteiger partial charge in [-0.1, -0.05) is 84.0 Å². The molecule has 1 rings (SSSR count). The molecular formula is C22H37NO3. The Balaban J connectivity index is 2.06. The molecular weight excluding hydrogens is 326 g/mol. The molecule has 148 valence electrons. The van der Waals surface area contributed by atoms with Gasteiger partial charge in [-0.05, 0) is 25.0 Å². The fourth-order valence-electron chi connectivity index (χ4n) is 3.40. The third kappa shape index (κ3) is 9.79. The smallest absolute Gasteiger partial charge is 0.272 e. The van der Waals surface area contributed by atoms with Crippen molar-refractivity contribution in [2.24, 2.45) is 0 Å². The molecule has 0 heterocycles. The summed E-state index contributed by atoms with van der Waals surface area (Å²) >= 11 is 0. The van der Waals surface area contributed by atoms with Gasteiger partial charge in [0.1, 0.15) is 5.75 Å². The number of ether oxygens (including phenoxy) is 1. The molecule has 0 aliphatic carbocycles. The fraction of sp³-hybridized carbons (Fsp3) is 0.727. The van der Waals surface area contributed by atoms with E-state index in [1.807, 2.05) is 0 Å². The molecule has 0 aliphatic heterocycles. The van der Waals surface area contributed by atoms with Gasteiger partial charge in [0, 0.05) is 11.6 Å². The van der Waals surface area contributed by atoms with Crippen LogP contribution in [0, 0.1) is 10.1 Å². The van der Waals surface area contributed by atoms with E-state index in [4.69, 9.17) is 4.74 Å². The van der Waals surface area contributed by atoms with E-state index in [0.717, 1.165) is 24.8 Å². The van der Waals surface area contributed by atoms with Crippen LogP contribution in [0.1, 0.15) is 96.0 Å². The van der Waals surface area contributed by atoms with Crippen molar-refractivity contribution >= 4 is 5.69 Å². The van der Waals surface area contributed by atoms with Crippen LogP contribution in [0.3, 0.4) is 0 Å². The third-order valence-corrected chi connectivity index (χ3v) is 5.03. The summed E-state index contributed by atoms with van der Waals surface area (Å²) in [6.45, 7) is 2.26. The van der Waals surface area contributed by atoms with Gasteiger partial charge in [0.2, 0.25) is 0 Å². The van der Waals surface area contributed by atoms with E-state index in [2.05, 4.69) is 6.92 Å². The number of hydrogen-bond acceptors (Lipinski definition) is 3. The van der Waals surface area contributed by atoms with Gasteiger partial charge in [0.25, 0.3) is 5.69 Å². The predicted molar refractivity (Wildman–Crippen MR) is 109 cm³/mol. The molecule has 4 heteroatoms. The maximum atomic E-state index is 11.1. The highest BCUT2D eigenvalue weighted by atomic mass is 16.6. The lowest BCUT2D eigenvalue weighted by Crippen LogP contribution is -1.97. The van der Waals surface area contributed by atoms with Crippen LogP contribution in [0.15, 0.2) is 18.2 Å². The zero-order valence-electron chi connectivity index (χ0n) is 16.8. The lowest BCUT2D eigenvalue weighted by Gasteiger charge is -2.06. The van der Waals surface area contributed by atoms with Crippen molar-refractivity contribution in [3.05, 3.63) is 33.9 Å². The molecule has 0 N–H and O–H groups in total. The van der Waals surface area contributed by atoms with E-state index in [-0.39, 0.29) is 10.6 Å². The molecule has 1 aromatic carbocycles. The van der Waals surface area contributed by atoms with E-state index in [0.29, 0.717) is 5.75 Å². The second-order valence-corrected chi connectivity index (χ2v) is 7.24. The van der Waals surface area contributed by atoms with Gasteiger partial charge in [-0.25, -0.2) is 0 Å². The number of unbranched alkanes of at least 4 members (excludes halogenated alkanes) is 12. The Kier molecular flexibility index (Phi) is 12.6. The monoisotopic (exact) mass is 363 g/mol. The van der Waals surface area contributed by atoms with Crippen molar-refractivity contribution in [2.45, 2.75) is 96.8 Å². The van der Waals surface area contributed by atoms with Crippen molar-refractivity contribution in [3.8, 4) is 5.75 Å². The molecule has 0 radical (unpaired) electrons. The van der Waals surface area contributed by atoms with Crippen molar-refractivity contribution < 1.29 is 9.66 Å². The molecule has 26 heavy (non-hydrogen) atoms. The summed E-state index contributed by atoms with van der Waals surface area (Å²) in [5, 5.41) is 11.1. The Morgan fingerprint density at radius 2 is 1.35 bits per heavy atom. The minimum Gasteiger partial charge on any atom is -0.497 e. The SMILES string of the molecule is CCCCCCCCCCCCCCCc1cc(OC)ccc1[N+](=O)[O-]. The van der Waals surface area contributed by atoms with Crippen LogP contribution < -0.4 is 4.74 Å². The Morgan fingerprint density at radius 1 is 0.846 bits per heavy atom. The number of rotatable bonds is 16. The van der Waals surface area contributed by atoms with Crippen LogP contribution in [-0.4, -0.2) is 12.0 Å². The van der Waals surface area contributed by atoms with Gasteiger partial charge in [0.05, 0.1) is 12.0 Å². The highest BCUT2D eigenvalue weighted by molar-refractivity contribution is 5.45. The van der Waals surface area contributed by atoms with E-state index in [9.17, 15) is 10.1 Å². The maximum absolute atomic E-state index is 11.1. The number of nitrogens with zero attached hydrogens (tertiary/aromatic N) is 1. The number of nitro groups is 1. The average molecular weight is 364 g/mol. The first kappa shape index (κ1) is 22.5. The predicted octanol–water partition coefficient (Wildman–Crippen LogP) is 7.24.